The summed E-state index contributed by atoms with van der Waals surface area (Å²) < 4.78 is 2.18. The number of nitrogens with zero attached hydrogens (tertiary/aromatic N) is 2. The first-order valence-corrected chi connectivity index (χ1v) is 6.89. The van der Waals surface area contributed by atoms with Crippen LogP contribution in [0.15, 0.2) is 0 Å². The summed E-state index contributed by atoms with van der Waals surface area (Å²) in [6.45, 7) is 10.9. The van der Waals surface area contributed by atoms with Crippen LogP contribution in [-0.4, -0.2) is 15.8 Å². The summed E-state index contributed by atoms with van der Waals surface area (Å²) in [6, 6.07) is 0.692. The molecule has 0 bridgehead atoms. The summed E-state index contributed by atoms with van der Waals surface area (Å²) in [7, 11) is 0. The molecule has 1 heterocycles. The zero-order valence-electron chi connectivity index (χ0n) is 12.0. The first-order chi connectivity index (χ1) is 8.04. The van der Waals surface area contributed by atoms with Crippen LogP contribution in [0.1, 0.15) is 64.0 Å². The standard InChI is InChI=1S/C14H27N3/c1-6-11(15)9-12-13(7-2)16-17(10(4)5)14(12)8-3/h10-11H,6-9,15H2,1-5H3. The van der Waals surface area contributed by atoms with Crippen LogP contribution in [0, 0.1) is 0 Å². The second kappa shape index (κ2) is 6.20. The Morgan fingerprint density at radius 2 is 1.82 bits per heavy atom. The van der Waals surface area contributed by atoms with E-state index in [1.54, 1.807) is 0 Å². The highest BCUT2D eigenvalue weighted by atomic mass is 15.3. The topological polar surface area (TPSA) is 43.8 Å². The van der Waals surface area contributed by atoms with Gasteiger partial charge in [-0.05, 0) is 45.1 Å². The van der Waals surface area contributed by atoms with E-state index in [-0.39, 0.29) is 6.04 Å². The van der Waals surface area contributed by atoms with Crippen molar-refractivity contribution >= 4 is 0 Å². The van der Waals surface area contributed by atoms with Crippen molar-refractivity contribution in [3.05, 3.63) is 17.0 Å². The molecule has 1 atom stereocenters. The van der Waals surface area contributed by atoms with E-state index >= 15 is 0 Å². The molecule has 0 aliphatic carbocycles. The summed E-state index contributed by atoms with van der Waals surface area (Å²) in [5, 5.41) is 4.75. The number of aryl methyl sites for hydroxylation is 1. The molecule has 0 saturated heterocycles. The molecule has 0 aliphatic rings. The van der Waals surface area contributed by atoms with E-state index in [9.17, 15) is 0 Å². The fourth-order valence-corrected chi connectivity index (χ4v) is 2.28. The molecule has 98 valence electrons. The maximum atomic E-state index is 6.10. The Bertz CT molecular complexity index is 353. The first kappa shape index (κ1) is 14.2. The zero-order chi connectivity index (χ0) is 13.0. The molecule has 1 aromatic heterocycles. The highest BCUT2D eigenvalue weighted by molar-refractivity contribution is 5.28. The van der Waals surface area contributed by atoms with Crippen molar-refractivity contribution in [1.82, 2.24) is 9.78 Å². The molecular weight excluding hydrogens is 210 g/mol. The van der Waals surface area contributed by atoms with Crippen molar-refractivity contribution in [2.75, 3.05) is 0 Å². The number of rotatable bonds is 6. The van der Waals surface area contributed by atoms with Gasteiger partial charge < -0.3 is 5.73 Å². The third-order valence-electron chi connectivity index (χ3n) is 3.35. The van der Waals surface area contributed by atoms with Crippen molar-refractivity contribution in [1.29, 1.82) is 0 Å². The van der Waals surface area contributed by atoms with Crippen molar-refractivity contribution in [2.45, 2.75) is 72.4 Å². The maximum Gasteiger partial charge on any atom is 0.0657 e. The summed E-state index contributed by atoms with van der Waals surface area (Å²) in [4.78, 5) is 0. The highest BCUT2D eigenvalue weighted by Gasteiger charge is 2.18. The molecule has 0 aliphatic heterocycles. The molecule has 2 N–H and O–H groups in total. The van der Waals surface area contributed by atoms with Gasteiger partial charge in [-0.15, -0.1) is 0 Å². The quantitative estimate of drug-likeness (QED) is 0.826. The van der Waals surface area contributed by atoms with Gasteiger partial charge in [0, 0.05) is 17.8 Å². The Balaban J connectivity index is 3.15. The minimum absolute atomic E-state index is 0.260. The molecule has 0 fully saturated rings. The lowest BCUT2D eigenvalue weighted by Crippen LogP contribution is -2.22. The van der Waals surface area contributed by atoms with Crippen molar-refractivity contribution in [3.63, 3.8) is 0 Å². The number of nitrogens with two attached hydrogens (primary N) is 1. The van der Waals surface area contributed by atoms with E-state index in [0.717, 1.165) is 25.7 Å². The van der Waals surface area contributed by atoms with Crippen LogP contribution >= 0.6 is 0 Å². The molecular formula is C14H27N3. The lowest BCUT2D eigenvalue weighted by molar-refractivity contribution is 0.505. The normalized spacial score (nSPS) is 13.4. The van der Waals surface area contributed by atoms with Crippen LogP contribution in [0.25, 0.3) is 0 Å². The number of hydrogen-bond acceptors (Lipinski definition) is 2. The van der Waals surface area contributed by atoms with Crippen LogP contribution in [0.2, 0.25) is 0 Å². The van der Waals surface area contributed by atoms with Gasteiger partial charge in [0.15, 0.2) is 0 Å². The molecule has 0 amide bonds. The minimum atomic E-state index is 0.260. The molecule has 1 unspecified atom stereocenters. The predicted octanol–water partition coefficient (Wildman–Crippen LogP) is 2.87. The van der Waals surface area contributed by atoms with Crippen LogP contribution in [-0.2, 0) is 19.3 Å². The van der Waals surface area contributed by atoms with E-state index in [4.69, 9.17) is 10.8 Å². The molecule has 3 heteroatoms. The lowest BCUT2D eigenvalue weighted by Gasteiger charge is -2.13. The monoisotopic (exact) mass is 237 g/mol. The average Bonchev–Trinajstić information content (AvgIpc) is 2.66. The lowest BCUT2D eigenvalue weighted by atomic mass is 10.00. The zero-order valence-corrected chi connectivity index (χ0v) is 12.0. The van der Waals surface area contributed by atoms with Gasteiger partial charge in [0.2, 0.25) is 0 Å². The third-order valence-corrected chi connectivity index (χ3v) is 3.35. The molecule has 0 aromatic carbocycles. The maximum absolute atomic E-state index is 6.10. The van der Waals surface area contributed by atoms with Gasteiger partial charge in [-0.2, -0.15) is 5.10 Å². The smallest absolute Gasteiger partial charge is 0.0657 e. The van der Waals surface area contributed by atoms with Gasteiger partial charge in [0.25, 0.3) is 0 Å². The third kappa shape index (κ3) is 3.09. The van der Waals surface area contributed by atoms with E-state index in [1.807, 2.05) is 0 Å². The highest BCUT2D eigenvalue weighted by Crippen LogP contribution is 2.21. The van der Waals surface area contributed by atoms with Crippen molar-refractivity contribution in [3.8, 4) is 0 Å². The van der Waals surface area contributed by atoms with Gasteiger partial charge >= 0.3 is 0 Å². The summed E-state index contributed by atoms with van der Waals surface area (Å²) >= 11 is 0. The van der Waals surface area contributed by atoms with Crippen molar-refractivity contribution in [2.24, 2.45) is 5.73 Å². The molecule has 1 aromatic rings. The second-order valence-corrected chi connectivity index (χ2v) is 4.99. The largest absolute Gasteiger partial charge is 0.327 e. The van der Waals surface area contributed by atoms with Gasteiger partial charge in [0.1, 0.15) is 0 Å². The predicted molar refractivity (Wildman–Crippen MR) is 73.3 cm³/mol. The Morgan fingerprint density at radius 1 is 1.18 bits per heavy atom. The molecule has 0 radical (unpaired) electrons. The number of aromatic nitrogens is 2. The fraction of sp³-hybridized carbons (Fsp3) is 0.786. The van der Waals surface area contributed by atoms with Crippen LogP contribution < -0.4 is 5.73 Å². The molecule has 0 spiro atoms. The summed E-state index contributed by atoms with van der Waals surface area (Å²) in [5.74, 6) is 0. The molecule has 17 heavy (non-hydrogen) atoms. The van der Waals surface area contributed by atoms with Gasteiger partial charge in [0.05, 0.1) is 5.69 Å². The average molecular weight is 237 g/mol. The Kier molecular flexibility index (Phi) is 5.19. The second-order valence-electron chi connectivity index (χ2n) is 4.99. The van der Waals surface area contributed by atoms with E-state index in [0.29, 0.717) is 6.04 Å². The van der Waals surface area contributed by atoms with Crippen molar-refractivity contribution < 1.29 is 0 Å². The van der Waals surface area contributed by atoms with Crippen LogP contribution in [0.3, 0.4) is 0 Å². The fourth-order valence-electron chi connectivity index (χ4n) is 2.28. The molecule has 1 rings (SSSR count). The first-order valence-electron chi connectivity index (χ1n) is 6.89. The molecule has 3 nitrogen and oxygen atoms in total. The number of hydrogen-bond donors (Lipinski definition) is 1. The molecule has 0 saturated carbocycles. The van der Waals surface area contributed by atoms with Gasteiger partial charge in [-0.1, -0.05) is 20.8 Å². The Morgan fingerprint density at radius 3 is 2.24 bits per heavy atom. The Hall–Kier alpha value is -0.830. The van der Waals surface area contributed by atoms with E-state index in [1.165, 1.54) is 17.0 Å². The van der Waals surface area contributed by atoms with Gasteiger partial charge in [-0.3, -0.25) is 4.68 Å². The SMILES string of the molecule is CCc1nn(C(C)C)c(CC)c1CC(N)CC. The summed E-state index contributed by atoms with van der Waals surface area (Å²) in [5.41, 5.74) is 10.1. The van der Waals surface area contributed by atoms with Gasteiger partial charge in [-0.25, -0.2) is 0 Å². The Labute approximate surface area is 105 Å². The van der Waals surface area contributed by atoms with E-state index in [2.05, 4.69) is 39.3 Å². The summed E-state index contributed by atoms with van der Waals surface area (Å²) in [6.07, 6.45) is 4.03. The van der Waals surface area contributed by atoms with Crippen LogP contribution in [0.4, 0.5) is 0 Å². The van der Waals surface area contributed by atoms with E-state index < -0.39 is 0 Å². The van der Waals surface area contributed by atoms with Crippen LogP contribution in [0.5, 0.6) is 0 Å². The minimum Gasteiger partial charge on any atom is -0.327 e.